The average molecular weight is 313 g/mol. The second-order valence-corrected chi connectivity index (χ2v) is 5.21. The van der Waals surface area contributed by atoms with E-state index in [-0.39, 0.29) is 16.7 Å². The van der Waals surface area contributed by atoms with Gasteiger partial charge in [0.15, 0.2) is 0 Å². The molecule has 0 fully saturated rings. The largest absolute Gasteiger partial charge is 0.305 e. The predicted octanol–water partition coefficient (Wildman–Crippen LogP) is 3.93. The first kappa shape index (κ1) is 14.9. The molecule has 0 saturated heterocycles. The molecule has 0 aromatic heterocycles. The third kappa shape index (κ3) is 4.58. The van der Waals surface area contributed by atoms with Gasteiger partial charge in [0.25, 0.3) is 5.69 Å². The Balaban J connectivity index is 2.86. The van der Waals surface area contributed by atoms with E-state index in [1.807, 2.05) is 6.07 Å². The van der Waals surface area contributed by atoms with Gasteiger partial charge in [0.1, 0.15) is 0 Å². The van der Waals surface area contributed by atoms with Crippen molar-refractivity contribution in [2.45, 2.75) is 25.8 Å². The van der Waals surface area contributed by atoms with Gasteiger partial charge in [-0.2, -0.15) is 0 Å². The second kappa shape index (κ2) is 7.28. The van der Waals surface area contributed by atoms with Gasteiger partial charge in [-0.25, -0.2) is 0 Å². The molecule has 0 amide bonds. The fourth-order valence-electron chi connectivity index (χ4n) is 1.76. The van der Waals surface area contributed by atoms with Gasteiger partial charge in [-0.05, 0) is 12.0 Å². The Bertz CT molecular complexity index is 435. The fraction of sp³-hybridized carbons (Fsp3) is 0.385. The molecule has 0 aliphatic carbocycles. The van der Waals surface area contributed by atoms with Crippen molar-refractivity contribution in [2.75, 3.05) is 6.54 Å². The number of benzene rings is 1. The van der Waals surface area contributed by atoms with E-state index in [0.717, 1.165) is 22.9 Å². The quantitative estimate of drug-likeness (QED) is 0.613. The monoisotopic (exact) mass is 312 g/mol. The minimum atomic E-state index is -0.365. The van der Waals surface area contributed by atoms with Crippen LogP contribution in [-0.2, 0) is 0 Å². The molecule has 1 rings (SSSR count). The Morgan fingerprint density at radius 1 is 1.61 bits per heavy atom. The Labute approximate surface area is 115 Å². The summed E-state index contributed by atoms with van der Waals surface area (Å²) in [6.45, 7) is 6.51. The first-order valence-corrected chi connectivity index (χ1v) is 6.65. The highest BCUT2D eigenvalue weighted by Crippen LogP contribution is 2.23. The van der Waals surface area contributed by atoms with Crippen molar-refractivity contribution in [3.63, 3.8) is 0 Å². The van der Waals surface area contributed by atoms with Crippen LogP contribution in [0.5, 0.6) is 0 Å². The molecule has 0 aliphatic rings. The number of rotatable bonds is 7. The molecular weight excluding hydrogens is 296 g/mol. The molecule has 4 nitrogen and oxygen atoms in total. The van der Waals surface area contributed by atoms with E-state index in [1.54, 1.807) is 12.1 Å². The number of halogens is 1. The highest BCUT2D eigenvalue weighted by atomic mass is 79.9. The minimum Gasteiger partial charge on any atom is -0.305 e. The molecule has 0 bridgehead atoms. The van der Waals surface area contributed by atoms with Gasteiger partial charge in [-0.1, -0.05) is 48.0 Å². The van der Waals surface area contributed by atoms with Crippen molar-refractivity contribution >= 4 is 21.6 Å². The molecule has 0 aliphatic heterocycles. The van der Waals surface area contributed by atoms with Crippen LogP contribution in [0.1, 0.15) is 31.4 Å². The molecular formula is C13H17BrN2O2. The topological polar surface area (TPSA) is 55.2 Å². The number of nitro groups is 1. The summed E-state index contributed by atoms with van der Waals surface area (Å²) < 4.78 is 0.869. The summed E-state index contributed by atoms with van der Waals surface area (Å²) in [5, 5.41) is 14.1. The molecule has 1 unspecified atom stereocenters. The summed E-state index contributed by atoms with van der Waals surface area (Å²) in [5.41, 5.74) is 1.08. The third-order valence-electron chi connectivity index (χ3n) is 2.60. The van der Waals surface area contributed by atoms with Crippen molar-refractivity contribution in [1.82, 2.24) is 5.32 Å². The lowest BCUT2D eigenvalue weighted by atomic mass is 10.0. The Morgan fingerprint density at radius 3 is 2.89 bits per heavy atom. The van der Waals surface area contributed by atoms with Crippen LogP contribution in [-0.4, -0.2) is 11.5 Å². The van der Waals surface area contributed by atoms with Crippen LogP contribution in [0.25, 0.3) is 0 Å². The standard InChI is InChI=1S/C13H17BrN2O2/c1-3-5-13(15-9-10(2)14)11-6-4-7-12(8-11)16(17)18/h4,6-8,13,15H,2-3,5,9H2,1H3. The molecule has 1 aromatic rings. The van der Waals surface area contributed by atoms with Gasteiger partial charge in [0.05, 0.1) is 4.92 Å². The molecule has 1 aromatic carbocycles. The highest BCUT2D eigenvalue weighted by molar-refractivity contribution is 9.11. The van der Waals surface area contributed by atoms with E-state index < -0.39 is 0 Å². The van der Waals surface area contributed by atoms with E-state index in [4.69, 9.17) is 0 Å². The number of nitrogens with one attached hydrogen (secondary N) is 1. The van der Waals surface area contributed by atoms with Crippen LogP contribution in [0.4, 0.5) is 5.69 Å². The Morgan fingerprint density at radius 2 is 2.33 bits per heavy atom. The molecule has 18 heavy (non-hydrogen) atoms. The van der Waals surface area contributed by atoms with Crippen LogP contribution in [0.15, 0.2) is 35.3 Å². The summed E-state index contributed by atoms with van der Waals surface area (Å²) in [4.78, 5) is 10.4. The van der Waals surface area contributed by atoms with Gasteiger partial charge in [-0.15, -0.1) is 0 Å². The van der Waals surface area contributed by atoms with Crippen molar-refractivity contribution in [1.29, 1.82) is 0 Å². The van der Waals surface area contributed by atoms with Gasteiger partial charge >= 0.3 is 0 Å². The van der Waals surface area contributed by atoms with Gasteiger partial charge in [0, 0.05) is 29.2 Å². The maximum absolute atomic E-state index is 10.8. The third-order valence-corrected chi connectivity index (χ3v) is 2.88. The average Bonchev–Trinajstić information content (AvgIpc) is 2.34. The maximum atomic E-state index is 10.8. The summed E-state index contributed by atoms with van der Waals surface area (Å²) >= 11 is 3.30. The molecule has 0 heterocycles. The number of nitrogens with zero attached hydrogens (tertiary/aromatic N) is 1. The zero-order valence-corrected chi connectivity index (χ0v) is 11.9. The van der Waals surface area contributed by atoms with Gasteiger partial charge < -0.3 is 5.32 Å². The smallest absolute Gasteiger partial charge is 0.269 e. The minimum absolute atomic E-state index is 0.115. The van der Waals surface area contributed by atoms with E-state index >= 15 is 0 Å². The maximum Gasteiger partial charge on any atom is 0.269 e. The van der Waals surface area contributed by atoms with Gasteiger partial charge in [-0.3, -0.25) is 10.1 Å². The molecule has 0 radical (unpaired) electrons. The molecule has 1 N–H and O–H groups in total. The fourth-order valence-corrected chi connectivity index (χ4v) is 1.93. The summed E-state index contributed by atoms with van der Waals surface area (Å²) in [6, 6.07) is 6.89. The molecule has 5 heteroatoms. The van der Waals surface area contributed by atoms with Crippen LogP contribution in [0.2, 0.25) is 0 Å². The molecule has 1 atom stereocenters. The van der Waals surface area contributed by atoms with E-state index in [1.165, 1.54) is 6.07 Å². The van der Waals surface area contributed by atoms with Crippen LogP contribution >= 0.6 is 15.9 Å². The van der Waals surface area contributed by atoms with Crippen molar-refractivity contribution < 1.29 is 4.92 Å². The lowest BCUT2D eigenvalue weighted by molar-refractivity contribution is -0.384. The van der Waals surface area contributed by atoms with Crippen LogP contribution in [0, 0.1) is 10.1 Å². The first-order valence-electron chi connectivity index (χ1n) is 5.85. The number of non-ortho nitro benzene ring substituents is 1. The lowest BCUT2D eigenvalue weighted by Gasteiger charge is -2.18. The van der Waals surface area contributed by atoms with Crippen LogP contribution < -0.4 is 5.32 Å². The molecule has 0 saturated carbocycles. The zero-order valence-electron chi connectivity index (χ0n) is 10.4. The summed E-state index contributed by atoms with van der Waals surface area (Å²) in [7, 11) is 0. The van der Waals surface area contributed by atoms with E-state index in [0.29, 0.717) is 6.54 Å². The number of hydrogen-bond acceptors (Lipinski definition) is 3. The SMILES string of the molecule is C=C(Br)CNC(CCC)c1cccc([N+](=O)[O-])c1. The molecule has 98 valence electrons. The van der Waals surface area contributed by atoms with Crippen LogP contribution in [0.3, 0.4) is 0 Å². The Kier molecular flexibility index (Phi) is 6.01. The lowest BCUT2D eigenvalue weighted by Crippen LogP contribution is -2.22. The van der Waals surface area contributed by atoms with Crippen molar-refractivity contribution in [3.8, 4) is 0 Å². The van der Waals surface area contributed by atoms with Crippen molar-refractivity contribution in [2.24, 2.45) is 0 Å². The van der Waals surface area contributed by atoms with Crippen molar-refractivity contribution in [3.05, 3.63) is 51.0 Å². The van der Waals surface area contributed by atoms with E-state index in [2.05, 4.69) is 34.7 Å². The zero-order chi connectivity index (χ0) is 13.5. The highest BCUT2D eigenvalue weighted by Gasteiger charge is 2.13. The first-order chi connectivity index (χ1) is 8.54. The normalized spacial score (nSPS) is 12.1. The predicted molar refractivity (Wildman–Crippen MR) is 76.8 cm³/mol. The second-order valence-electron chi connectivity index (χ2n) is 4.09. The van der Waals surface area contributed by atoms with Gasteiger partial charge in [0.2, 0.25) is 0 Å². The van der Waals surface area contributed by atoms with E-state index in [9.17, 15) is 10.1 Å². The molecule has 0 spiro atoms. The summed E-state index contributed by atoms with van der Waals surface area (Å²) in [6.07, 6.45) is 1.94. The number of nitro benzene ring substituents is 1. The number of hydrogen-bond donors (Lipinski definition) is 1. The summed E-state index contributed by atoms with van der Waals surface area (Å²) in [5.74, 6) is 0. The Hall–Kier alpha value is -1.20.